The van der Waals surface area contributed by atoms with Crippen molar-refractivity contribution in [1.82, 2.24) is 9.13 Å². The number of rotatable bonds is 11. The summed E-state index contributed by atoms with van der Waals surface area (Å²) in [6, 6.07) is 134. The summed E-state index contributed by atoms with van der Waals surface area (Å²) in [7, 11) is 0. The van der Waals surface area contributed by atoms with Crippen molar-refractivity contribution in [2.24, 2.45) is 0 Å². The molecule has 0 saturated heterocycles. The molecule has 23 rings (SSSR count). The molecule has 4 nitrogen and oxygen atoms in total. The molecule has 21 aromatic rings. The molecule has 17 aromatic carbocycles. The number of aromatic nitrogens is 2. The lowest BCUT2D eigenvalue weighted by atomic mass is 9.33. The topological polar surface area (TPSA) is 16.3 Å². The number of anilines is 6. The second-order valence-electron chi connectivity index (χ2n) is 34.8. The third kappa shape index (κ3) is 11.5. The smallest absolute Gasteiger partial charge is 0.252 e. The zero-order valence-corrected chi connectivity index (χ0v) is 71.7. The lowest BCUT2D eigenvalue weighted by Gasteiger charge is -2.46. The van der Waals surface area contributed by atoms with Crippen LogP contribution in [0.2, 0.25) is 0 Å². The van der Waals surface area contributed by atoms with Gasteiger partial charge in [-0.15, -0.1) is 47.9 Å². The summed E-state index contributed by atoms with van der Waals surface area (Å²) >= 11 is 15.4. The van der Waals surface area contributed by atoms with Gasteiger partial charge >= 0.3 is 0 Å². The molecule has 2 aliphatic heterocycles. The van der Waals surface area contributed by atoms with Crippen molar-refractivity contribution in [2.75, 3.05) is 9.80 Å². The Balaban J connectivity index is 0.895. The van der Waals surface area contributed by atoms with E-state index in [1.807, 2.05) is 22.7 Å². The van der Waals surface area contributed by atoms with Gasteiger partial charge in [-0.25, -0.2) is 0 Å². The van der Waals surface area contributed by atoms with E-state index in [1.165, 1.54) is 117 Å². The molecule has 578 valence electrons. The van der Waals surface area contributed by atoms with Crippen molar-refractivity contribution in [2.45, 2.75) is 75.5 Å². The maximum atomic E-state index is 5.80. The maximum absolute atomic E-state index is 5.80. The molecule has 0 fully saturated rings. The minimum Gasteiger partial charge on any atom is -0.310 e. The van der Waals surface area contributed by atoms with Crippen LogP contribution in [-0.2, 0) is 17.3 Å². The zero-order valence-electron chi connectivity index (χ0n) is 68.3. The van der Waals surface area contributed by atoms with E-state index in [9.17, 15) is 0 Å². The molecule has 4 aromatic heterocycles. The molecule has 0 saturated carbocycles. The van der Waals surface area contributed by atoms with Crippen molar-refractivity contribution in [1.29, 1.82) is 0 Å². The van der Waals surface area contributed by atoms with Crippen LogP contribution in [0.1, 0.15) is 65.2 Å². The molecule has 9 heteroatoms. The third-order valence-electron chi connectivity index (χ3n) is 25.8. The molecule has 0 aliphatic carbocycles. The van der Waals surface area contributed by atoms with Crippen LogP contribution in [0.4, 0.5) is 34.1 Å². The molecular weight excluding hydrogens is 1540 g/mol. The number of para-hydroxylation sites is 4. The van der Waals surface area contributed by atoms with Crippen molar-refractivity contribution >= 4 is 189 Å². The Labute approximate surface area is 724 Å². The lowest BCUT2D eigenvalue weighted by molar-refractivity contribution is 0.590. The molecule has 0 radical (unpaired) electrons. The predicted molar refractivity (Wildman–Crippen MR) is 529 cm³/mol. The molecule has 0 unspecified atom stereocenters. The van der Waals surface area contributed by atoms with Crippen LogP contribution in [0.3, 0.4) is 0 Å². The summed E-state index contributed by atoms with van der Waals surface area (Å²) in [6.45, 7) is 16.0. The fourth-order valence-corrected chi connectivity index (χ4v) is 23.3. The van der Waals surface area contributed by atoms with E-state index in [0.717, 1.165) is 128 Å². The van der Waals surface area contributed by atoms with Gasteiger partial charge in [-0.1, -0.05) is 328 Å². The van der Waals surface area contributed by atoms with Gasteiger partial charge in [0.15, 0.2) is 0 Å². The summed E-state index contributed by atoms with van der Waals surface area (Å²) in [5.41, 5.74) is 33.6. The molecule has 121 heavy (non-hydrogen) atoms. The van der Waals surface area contributed by atoms with Gasteiger partial charge in [0.2, 0.25) is 0 Å². The highest BCUT2D eigenvalue weighted by Gasteiger charge is 2.46. The zero-order chi connectivity index (χ0) is 81.4. The molecule has 6 heterocycles. The van der Waals surface area contributed by atoms with E-state index in [1.54, 1.807) is 0 Å². The van der Waals surface area contributed by atoms with Crippen molar-refractivity contribution in [3.63, 3.8) is 0 Å². The molecular formula is C112H83BN4S4. The minimum atomic E-state index is -0.320. The normalized spacial score (nSPS) is 12.8. The molecule has 0 spiro atoms. The highest BCUT2D eigenvalue weighted by Crippen LogP contribution is 2.58. The first-order chi connectivity index (χ1) is 59.1. The van der Waals surface area contributed by atoms with Crippen LogP contribution in [-0.4, -0.2) is 15.8 Å². The van der Waals surface area contributed by atoms with Gasteiger partial charge in [-0.3, -0.25) is 0 Å². The number of thiophene rings is 2. The van der Waals surface area contributed by atoms with Crippen molar-refractivity contribution < 1.29 is 0 Å². The first kappa shape index (κ1) is 73.3. The fraction of sp³-hybridized carbons (Fsp3) is 0.0893. The average Bonchev–Trinajstić information content (AvgIpc) is 1.56. The number of benzene rings is 17. The SMILES string of the molecule is CCc1cc2c3c(c1)N(c1c(-c4cccc(-c5ccccc5)c4S)cccc1-c1cccc4c1sc1ccccc14)c1cc(-n4c5ccccc5c5ccc(C(C)(C)C)cc54)ccc1B3c1ccc(-n3c4ccccc4c4ccc(C(C)(C)C)cc43)cc1N2c1c(-c2cccc(-c3ccccc3)c2S)cccc1-c1cccc2c1sc1ccccc12. The van der Waals surface area contributed by atoms with Crippen molar-refractivity contribution in [3.05, 3.63) is 369 Å². The second-order valence-corrected chi connectivity index (χ2v) is 37.8. The van der Waals surface area contributed by atoms with Crippen LogP contribution in [0, 0.1) is 0 Å². The molecule has 0 bridgehead atoms. The number of thiol groups is 2. The summed E-state index contributed by atoms with van der Waals surface area (Å²) in [4.78, 5) is 7.30. The molecule has 2 aliphatic rings. The number of hydrogen-bond donors (Lipinski definition) is 2. The van der Waals surface area contributed by atoms with Crippen LogP contribution in [0.25, 0.3) is 162 Å². The number of aryl methyl sites for hydroxylation is 1. The van der Waals surface area contributed by atoms with Crippen LogP contribution in [0.5, 0.6) is 0 Å². The second kappa shape index (κ2) is 28.1. The van der Waals surface area contributed by atoms with Gasteiger partial charge in [0.25, 0.3) is 6.71 Å². The summed E-state index contributed by atoms with van der Waals surface area (Å²) in [5, 5.41) is 9.87. The first-order valence-corrected chi connectivity index (χ1v) is 44.6. The predicted octanol–water partition coefficient (Wildman–Crippen LogP) is 30.4. The van der Waals surface area contributed by atoms with Gasteiger partial charge in [-0.2, -0.15) is 0 Å². The van der Waals surface area contributed by atoms with E-state index < -0.39 is 0 Å². The minimum absolute atomic E-state index is 0.116. The van der Waals surface area contributed by atoms with Gasteiger partial charge in [-0.05, 0) is 157 Å². The quantitative estimate of drug-likeness (QED) is 0.0992. The maximum Gasteiger partial charge on any atom is 0.252 e. The van der Waals surface area contributed by atoms with Gasteiger partial charge in [0, 0.05) is 139 Å². The number of hydrogen-bond acceptors (Lipinski definition) is 6. The average molecular weight is 1620 g/mol. The summed E-state index contributed by atoms with van der Waals surface area (Å²) < 4.78 is 10.1. The van der Waals surface area contributed by atoms with Crippen molar-refractivity contribution in [3.8, 4) is 78.1 Å². The Hall–Kier alpha value is -12.9. The van der Waals surface area contributed by atoms with Crippen LogP contribution >= 0.6 is 47.9 Å². The van der Waals surface area contributed by atoms with E-state index >= 15 is 0 Å². The first-order valence-electron chi connectivity index (χ1n) is 42.1. The molecule has 0 amide bonds. The lowest BCUT2D eigenvalue weighted by Crippen LogP contribution is -2.61. The Bertz CT molecular complexity index is 7440. The Morgan fingerprint density at radius 3 is 1.06 bits per heavy atom. The van der Waals surface area contributed by atoms with Gasteiger partial charge in [0.05, 0.1) is 33.4 Å². The summed E-state index contributed by atoms with van der Waals surface area (Å²) in [5.74, 6) is 0. The molecule has 0 atom stereocenters. The Morgan fingerprint density at radius 1 is 0.289 bits per heavy atom. The third-order valence-corrected chi connectivity index (χ3v) is 29.2. The highest BCUT2D eigenvalue weighted by atomic mass is 32.1. The number of nitrogens with zero attached hydrogens (tertiary/aromatic N) is 4. The monoisotopic (exact) mass is 1620 g/mol. The fourth-order valence-electron chi connectivity index (χ4n) is 20.0. The standard InChI is InChI=1S/C112H83BN4S4/c1-8-67-61-100-104-101(62-67)117(106-83(87-44-24-38-75(108(87)119)69-31-13-10-14-32-69)40-26-42-85(106)91-48-28-46-89-81-36-18-22-52-103(81)121-110(89)91)99-66-73(115-95-50-20-16-34-77(95)79-58-54-71(64-97(79)115)112(5,6)7)56-60-93(99)113(104)92-59-55-72(114-94-49-19-15-33-76(94)78-57-53-70(63-96(78)114)111(2,3)4)65-98(92)116(100)105-82(86-43-23-37-74(107(86)118)68-29-11-9-12-30-68)39-25-41-84(105)90-47-27-45-88-80-35-17-21-51-102(80)120-109(88)90/h9-66,118-119H,8H2,1-7H3. The highest BCUT2D eigenvalue weighted by molar-refractivity contribution is 7.80. The van der Waals surface area contributed by atoms with Gasteiger partial charge in [0.1, 0.15) is 0 Å². The Morgan fingerprint density at radius 2 is 0.636 bits per heavy atom. The van der Waals surface area contributed by atoms with E-state index in [0.29, 0.717) is 0 Å². The van der Waals surface area contributed by atoms with E-state index in [2.05, 4.69) is 419 Å². The van der Waals surface area contributed by atoms with Crippen LogP contribution in [0.15, 0.2) is 362 Å². The Kier molecular flexibility index (Phi) is 17.0. The van der Waals surface area contributed by atoms with E-state index in [-0.39, 0.29) is 17.5 Å². The van der Waals surface area contributed by atoms with E-state index in [4.69, 9.17) is 25.3 Å². The molecule has 0 N–H and O–H groups in total. The summed E-state index contributed by atoms with van der Waals surface area (Å²) in [6.07, 6.45) is 0.742. The number of fused-ring (bicyclic) bond motifs is 16. The largest absolute Gasteiger partial charge is 0.310 e. The van der Waals surface area contributed by atoms with Crippen LogP contribution < -0.4 is 26.2 Å². The van der Waals surface area contributed by atoms with Gasteiger partial charge < -0.3 is 18.9 Å².